The summed E-state index contributed by atoms with van der Waals surface area (Å²) in [7, 11) is 3.59. The summed E-state index contributed by atoms with van der Waals surface area (Å²) >= 11 is 1.33. The zero-order valence-corrected chi connectivity index (χ0v) is 15.9. The van der Waals surface area contributed by atoms with Crippen LogP contribution in [0.25, 0.3) is 10.9 Å². The first-order valence-electron chi connectivity index (χ1n) is 8.16. The fraction of sp³-hybridized carbons (Fsp3) is 0.389. The van der Waals surface area contributed by atoms with Crippen LogP contribution in [0.3, 0.4) is 0 Å². The Morgan fingerprint density at radius 2 is 2.16 bits per heavy atom. The van der Waals surface area contributed by atoms with E-state index in [2.05, 4.69) is 28.8 Å². The van der Waals surface area contributed by atoms with Gasteiger partial charge >= 0.3 is 0 Å². The summed E-state index contributed by atoms with van der Waals surface area (Å²) in [5, 5.41) is 8.07. The molecule has 132 valence electrons. The Bertz CT molecular complexity index is 927. The fourth-order valence-corrected chi connectivity index (χ4v) is 3.72. The Hall–Kier alpha value is -2.41. The third kappa shape index (κ3) is 3.11. The van der Waals surface area contributed by atoms with Crippen molar-refractivity contribution in [2.24, 2.45) is 7.05 Å². The van der Waals surface area contributed by atoms with E-state index in [1.54, 1.807) is 7.11 Å². The van der Waals surface area contributed by atoms with Crippen LogP contribution in [0.2, 0.25) is 0 Å². The molecule has 3 rings (SSSR count). The number of nitrogens with zero attached hydrogens (tertiary/aromatic N) is 3. The molecule has 1 aromatic carbocycles. The number of fused-ring (bicyclic) bond motifs is 1. The molecule has 0 spiro atoms. The Labute approximate surface area is 151 Å². The van der Waals surface area contributed by atoms with Gasteiger partial charge in [0, 0.05) is 23.6 Å². The number of methoxy groups -OCH3 is 1. The SMILES string of the molecule is COc1ccc2c(c1)c(C(=O)NCc1snnc1C(C)C)c(C)n2C. The lowest BCUT2D eigenvalue weighted by Crippen LogP contribution is -2.23. The third-order valence-electron chi connectivity index (χ3n) is 4.47. The standard InChI is InChI=1S/C18H22N4O2S/c1-10(2)17-15(25-21-20-17)9-19-18(23)16-11(3)22(4)14-7-6-12(24-5)8-13(14)16/h6-8,10H,9H2,1-5H3,(H,19,23). The fourth-order valence-electron chi connectivity index (χ4n) is 2.99. The summed E-state index contributed by atoms with van der Waals surface area (Å²) in [5.41, 5.74) is 3.56. The third-order valence-corrected chi connectivity index (χ3v) is 5.21. The monoisotopic (exact) mass is 358 g/mol. The first kappa shape index (κ1) is 17.4. The number of ether oxygens (including phenoxy) is 1. The smallest absolute Gasteiger partial charge is 0.254 e. The molecule has 25 heavy (non-hydrogen) atoms. The van der Waals surface area contributed by atoms with Crippen molar-refractivity contribution in [1.29, 1.82) is 0 Å². The molecule has 0 bridgehead atoms. The van der Waals surface area contributed by atoms with Crippen molar-refractivity contribution in [3.8, 4) is 5.75 Å². The normalized spacial score (nSPS) is 11.3. The molecule has 2 aromatic heterocycles. The number of benzene rings is 1. The van der Waals surface area contributed by atoms with Crippen LogP contribution in [0.1, 0.15) is 46.4 Å². The summed E-state index contributed by atoms with van der Waals surface area (Å²) < 4.78 is 11.3. The van der Waals surface area contributed by atoms with Gasteiger partial charge in [0.1, 0.15) is 5.75 Å². The molecule has 6 nitrogen and oxygen atoms in total. The Morgan fingerprint density at radius 3 is 2.84 bits per heavy atom. The van der Waals surface area contributed by atoms with Gasteiger partial charge in [-0.05, 0) is 42.6 Å². The second-order valence-electron chi connectivity index (χ2n) is 6.32. The molecule has 0 atom stereocenters. The molecule has 0 saturated heterocycles. The quantitative estimate of drug-likeness (QED) is 0.759. The van der Waals surface area contributed by atoms with Crippen LogP contribution in [0.4, 0.5) is 0 Å². The lowest BCUT2D eigenvalue weighted by Gasteiger charge is -2.07. The molecule has 0 radical (unpaired) electrons. The van der Waals surface area contributed by atoms with E-state index in [1.165, 1.54) is 11.5 Å². The van der Waals surface area contributed by atoms with Crippen LogP contribution in [0.15, 0.2) is 18.2 Å². The van der Waals surface area contributed by atoms with Crippen LogP contribution < -0.4 is 10.1 Å². The molecule has 0 unspecified atom stereocenters. The van der Waals surface area contributed by atoms with E-state index in [1.807, 2.05) is 36.7 Å². The highest BCUT2D eigenvalue weighted by Crippen LogP contribution is 2.29. The van der Waals surface area contributed by atoms with Crippen molar-refractivity contribution in [3.05, 3.63) is 40.0 Å². The maximum absolute atomic E-state index is 12.9. The van der Waals surface area contributed by atoms with Crippen molar-refractivity contribution in [2.75, 3.05) is 7.11 Å². The number of aryl methyl sites for hydroxylation is 1. The van der Waals surface area contributed by atoms with E-state index in [-0.39, 0.29) is 11.8 Å². The summed E-state index contributed by atoms with van der Waals surface area (Å²) in [5.74, 6) is 0.926. The Kier molecular flexibility index (Phi) is 4.76. The van der Waals surface area contributed by atoms with Gasteiger partial charge in [0.2, 0.25) is 0 Å². The van der Waals surface area contributed by atoms with E-state index in [4.69, 9.17) is 4.74 Å². The van der Waals surface area contributed by atoms with Crippen LogP contribution >= 0.6 is 11.5 Å². The second kappa shape index (κ2) is 6.84. The average molecular weight is 358 g/mol. The topological polar surface area (TPSA) is 69.0 Å². The molecule has 0 aliphatic heterocycles. The van der Waals surface area contributed by atoms with Crippen LogP contribution in [0, 0.1) is 6.92 Å². The van der Waals surface area contributed by atoms with Crippen molar-refractivity contribution >= 4 is 28.3 Å². The van der Waals surface area contributed by atoms with Gasteiger partial charge in [-0.15, -0.1) is 5.10 Å². The number of carbonyl (C=O) groups is 1. The molecule has 0 aliphatic rings. The van der Waals surface area contributed by atoms with Gasteiger partial charge in [0.05, 0.1) is 29.8 Å². The number of rotatable bonds is 5. The number of amides is 1. The second-order valence-corrected chi connectivity index (χ2v) is 7.16. The van der Waals surface area contributed by atoms with Gasteiger partial charge in [0.15, 0.2) is 0 Å². The largest absolute Gasteiger partial charge is 0.497 e. The molecule has 0 saturated carbocycles. The first-order valence-corrected chi connectivity index (χ1v) is 8.93. The van der Waals surface area contributed by atoms with Crippen LogP contribution in [-0.4, -0.2) is 27.2 Å². The maximum Gasteiger partial charge on any atom is 0.254 e. The highest BCUT2D eigenvalue weighted by molar-refractivity contribution is 7.05. The van der Waals surface area contributed by atoms with E-state index < -0.39 is 0 Å². The summed E-state index contributed by atoms with van der Waals surface area (Å²) in [6, 6.07) is 5.79. The van der Waals surface area contributed by atoms with Crippen molar-refractivity contribution in [2.45, 2.75) is 33.2 Å². The minimum atomic E-state index is -0.0977. The van der Waals surface area contributed by atoms with E-state index in [0.29, 0.717) is 12.1 Å². The van der Waals surface area contributed by atoms with Gasteiger partial charge in [-0.25, -0.2) is 0 Å². The van der Waals surface area contributed by atoms with Gasteiger partial charge in [0.25, 0.3) is 5.91 Å². The maximum atomic E-state index is 12.9. The molecule has 0 aliphatic carbocycles. The predicted octanol–water partition coefficient (Wildman–Crippen LogP) is 3.40. The zero-order valence-electron chi connectivity index (χ0n) is 15.1. The molecule has 0 fully saturated rings. The molecule has 1 N–H and O–H groups in total. The van der Waals surface area contributed by atoms with Crippen molar-refractivity contribution in [3.63, 3.8) is 0 Å². The first-order chi connectivity index (χ1) is 11.9. The van der Waals surface area contributed by atoms with Crippen molar-refractivity contribution < 1.29 is 9.53 Å². The van der Waals surface area contributed by atoms with Gasteiger partial charge in [-0.1, -0.05) is 18.3 Å². The van der Waals surface area contributed by atoms with Crippen LogP contribution in [0.5, 0.6) is 5.75 Å². The predicted molar refractivity (Wildman–Crippen MR) is 99.4 cm³/mol. The highest BCUT2D eigenvalue weighted by Gasteiger charge is 2.20. The van der Waals surface area contributed by atoms with E-state index >= 15 is 0 Å². The minimum Gasteiger partial charge on any atom is -0.497 e. The number of hydrogen-bond acceptors (Lipinski definition) is 5. The van der Waals surface area contributed by atoms with E-state index in [9.17, 15) is 4.79 Å². The number of carbonyl (C=O) groups excluding carboxylic acids is 1. The number of nitrogens with one attached hydrogen (secondary N) is 1. The Balaban J connectivity index is 1.91. The average Bonchev–Trinajstić information content (AvgIpc) is 3.16. The number of hydrogen-bond donors (Lipinski definition) is 1. The van der Waals surface area contributed by atoms with Crippen molar-refractivity contribution in [1.82, 2.24) is 19.5 Å². The summed E-state index contributed by atoms with van der Waals surface area (Å²) in [6.07, 6.45) is 0. The highest BCUT2D eigenvalue weighted by atomic mass is 32.1. The summed E-state index contributed by atoms with van der Waals surface area (Å²) in [6.45, 7) is 6.53. The Morgan fingerprint density at radius 1 is 1.40 bits per heavy atom. The van der Waals surface area contributed by atoms with Gasteiger partial charge in [-0.2, -0.15) is 0 Å². The van der Waals surface area contributed by atoms with Gasteiger partial charge in [-0.3, -0.25) is 4.79 Å². The minimum absolute atomic E-state index is 0.0977. The molecule has 2 heterocycles. The zero-order chi connectivity index (χ0) is 18.1. The molecular weight excluding hydrogens is 336 g/mol. The molecule has 7 heteroatoms. The van der Waals surface area contributed by atoms with Crippen LogP contribution in [-0.2, 0) is 13.6 Å². The lowest BCUT2D eigenvalue weighted by atomic mass is 10.1. The molecule has 3 aromatic rings. The molecule has 1 amide bonds. The van der Waals surface area contributed by atoms with Gasteiger partial charge < -0.3 is 14.6 Å². The van der Waals surface area contributed by atoms with E-state index in [0.717, 1.165) is 32.9 Å². The number of aromatic nitrogens is 3. The molecular formula is C18H22N4O2S. The lowest BCUT2D eigenvalue weighted by molar-refractivity contribution is 0.0952. The summed E-state index contributed by atoms with van der Waals surface area (Å²) in [4.78, 5) is 13.9.